The van der Waals surface area contributed by atoms with Crippen molar-refractivity contribution in [1.29, 1.82) is 0 Å². The highest BCUT2D eigenvalue weighted by Crippen LogP contribution is 2.28. The van der Waals surface area contributed by atoms with E-state index in [0.717, 1.165) is 22.4 Å². The molecule has 5 heteroatoms. The number of hydrogen-bond acceptors (Lipinski definition) is 4. The Morgan fingerprint density at radius 3 is 2.16 bits per heavy atom. The predicted octanol–water partition coefficient (Wildman–Crippen LogP) is 6.08. The van der Waals surface area contributed by atoms with E-state index >= 15 is 0 Å². The zero-order valence-corrected chi connectivity index (χ0v) is 17.8. The van der Waals surface area contributed by atoms with E-state index in [0.29, 0.717) is 17.4 Å². The summed E-state index contributed by atoms with van der Waals surface area (Å²) in [6.07, 6.45) is 1.69. The summed E-state index contributed by atoms with van der Waals surface area (Å²) < 4.78 is 5.75. The standard InChI is InChI=1S/C26H22N2O2S/c1-2-17-28(26-27-24(19-31-26)22-11-7-4-8-12-22)25(29)18-30-23-15-13-21(14-16-23)20-9-5-3-6-10-20/h2-16,19H,1,17-18H2. The number of carbonyl (C=O) groups excluding carboxylic acids is 1. The van der Waals surface area contributed by atoms with Gasteiger partial charge in [0.2, 0.25) is 0 Å². The average molecular weight is 427 g/mol. The van der Waals surface area contributed by atoms with Gasteiger partial charge < -0.3 is 4.74 Å². The van der Waals surface area contributed by atoms with Gasteiger partial charge in [0, 0.05) is 17.5 Å². The van der Waals surface area contributed by atoms with Crippen molar-refractivity contribution in [1.82, 2.24) is 4.98 Å². The van der Waals surface area contributed by atoms with Crippen LogP contribution in [-0.4, -0.2) is 24.0 Å². The molecule has 31 heavy (non-hydrogen) atoms. The monoisotopic (exact) mass is 426 g/mol. The van der Waals surface area contributed by atoms with Crippen LogP contribution in [0.25, 0.3) is 22.4 Å². The van der Waals surface area contributed by atoms with Gasteiger partial charge in [-0.2, -0.15) is 0 Å². The summed E-state index contributed by atoms with van der Waals surface area (Å²) >= 11 is 1.43. The van der Waals surface area contributed by atoms with Gasteiger partial charge >= 0.3 is 0 Å². The van der Waals surface area contributed by atoms with Crippen LogP contribution in [0.5, 0.6) is 5.75 Å². The van der Waals surface area contributed by atoms with Crippen LogP contribution in [0.15, 0.2) is 103 Å². The van der Waals surface area contributed by atoms with Crippen LogP contribution in [0.1, 0.15) is 0 Å². The Kier molecular flexibility index (Phi) is 6.55. The van der Waals surface area contributed by atoms with Gasteiger partial charge in [0.15, 0.2) is 11.7 Å². The lowest BCUT2D eigenvalue weighted by Gasteiger charge is -2.18. The normalized spacial score (nSPS) is 10.5. The second-order valence-electron chi connectivity index (χ2n) is 6.85. The summed E-state index contributed by atoms with van der Waals surface area (Å²) in [6.45, 7) is 4.07. The Hall–Kier alpha value is -3.70. The molecule has 0 radical (unpaired) electrons. The molecule has 0 saturated carbocycles. The third-order valence-electron chi connectivity index (χ3n) is 4.73. The lowest BCUT2D eigenvalue weighted by Crippen LogP contribution is -2.35. The summed E-state index contributed by atoms with van der Waals surface area (Å²) in [5.74, 6) is 0.483. The highest BCUT2D eigenvalue weighted by atomic mass is 32.1. The Morgan fingerprint density at radius 2 is 1.52 bits per heavy atom. The van der Waals surface area contributed by atoms with Gasteiger partial charge in [0.25, 0.3) is 5.91 Å². The van der Waals surface area contributed by atoms with Crippen molar-refractivity contribution in [2.75, 3.05) is 18.1 Å². The SMILES string of the molecule is C=CCN(C(=O)COc1ccc(-c2ccccc2)cc1)c1nc(-c2ccccc2)cs1. The maximum Gasteiger partial charge on any atom is 0.266 e. The molecule has 0 aliphatic heterocycles. The third kappa shape index (κ3) is 5.08. The number of rotatable bonds is 8. The zero-order valence-electron chi connectivity index (χ0n) is 17.0. The fourth-order valence-corrected chi connectivity index (χ4v) is 4.00. The summed E-state index contributed by atoms with van der Waals surface area (Å²) in [5.41, 5.74) is 4.11. The number of nitrogens with zero attached hydrogens (tertiary/aromatic N) is 2. The molecule has 0 spiro atoms. The molecular weight excluding hydrogens is 404 g/mol. The molecule has 0 N–H and O–H groups in total. The van der Waals surface area contributed by atoms with Gasteiger partial charge in [0.1, 0.15) is 5.75 Å². The minimum absolute atomic E-state index is 0.0707. The lowest BCUT2D eigenvalue weighted by molar-refractivity contribution is -0.120. The van der Waals surface area contributed by atoms with Crippen LogP contribution >= 0.6 is 11.3 Å². The van der Waals surface area contributed by atoms with E-state index in [2.05, 4.69) is 23.7 Å². The summed E-state index contributed by atoms with van der Waals surface area (Å²) in [6, 6.07) is 27.8. The molecule has 0 saturated heterocycles. The van der Waals surface area contributed by atoms with Crippen molar-refractivity contribution < 1.29 is 9.53 Å². The van der Waals surface area contributed by atoms with Gasteiger partial charge in [-0.05, 0) is 23.3 Å². The number of aromatic nitrogens is 1. The summed E-state index contributed by atoms with van der Waals surface area (Å²) in [7, 11) is 0. The molecule has 0 fully saturated rings. The fraction of sp³-hybridized carbons (Fsp3) is 0.0769. The van der Waals surface area contributed by atoms with Crippen LogP contribution < -0.4 is 9.64 Å². The molecule has 4 aromatic rings. The number of anilines is 1. The fourth-order valence-electron chi connectivity index (χ4n) is 3.14. The molecule has 4 nitrogen and oxygen atoms in total. The van der Waals surface area contributed by atoms with Crippen LogP contribution in [-0.2, 0) is 4.79 Å². The summed E-state index contributed by atoms with van der Waals surface area (Å²) in [5, 5.41) is 2.59. The molecule has 0 aliphatic carbocycles. The first-order chi connectivity index (χ1) is 15.2. The van der Waals surface area contributed by atoms with Crippen molar-refractivity contribution >= 4 is 22.4 Å². The first-order valence-corrected chi connectivity index (χ1v) is 10.8. The van der Waals surface area contributed by atoms with Gasteiger partial charge in [0.05, 0.1) is 5.69 Å². The van der Waals surface area contributed by atoms with Gasteiger partial charge in [-0.15, -0.1) is 17.9 Å². The zero-order chi connectivity index (χ0) is 21.5. The second-order valence-corrected chi connectivity index (χ2v) is 7.69. The Labute approximate surface area is 186 Å². The number of ether oxygens (including phenoxy) is 1. The molecule has 0 unspecified atom stereocenters. The van der Waals surface area contributed by atoms with E-state index in [1.54, 1.807) is 11.0 Å². The van der Waals surface area contributed by atoms with Crippen molar-refractivity contribution in [3.63, 3.8) is 0 Å². The number of benzene rings is 3. The van der Waals surface area contributed by atoms with E-state index in [9.17, 15) is 4.79 Å². The predicted molar refractivity (Wildman–Crippen MR) is 127 cm³/mol. The van der Waals surface area contributed by atoms with E-state index in [4.69, 9.17) is 4.74 Å². The average Bonchev–Trinajstić information content (AvgIpc) is 3.32. The van der Waals surface area contributed by atoms with Crippen molar-refractivity contribution in [3.05, 3.63) is 103 Å². The molecule has 0 bridgehead atoms. The van der Waals surface area contributed by atoms with E-state index in [1.165, 1.54) is 11.3 Å². The highest BCUT2D eigenvalue weighted by molar-refractivity contribution is 7.14. The number of carbonyl (C=O) groups is 1. The second kappa shape index (κ2) is 9.87. The molecule has 1 heterocycles. The first kappa shape index (κ1) is 20.6. The number of thiazole rings is 1. The molecule has 1 amide bonds. The Bertz CT molecular complexity index is 1140. The van der Waals surface area contributed by atoms with E-state index in [1.807, 2.05) is 78.2 Å². The quantitative estimate of drug-likeness (QED) is 0.321. The van der Waals surface area contributed by atoms with Gasteiger partial charge in [-0.3, -0.25) is 9.69 Å². The first-order valence-electron chi connectivity index (χ1n) is 9.95. The molecule has 0 atom stereocenters. The minimum atomic E-state index is -0.166. The lowest BCUT2D eigenvalue weighted by atomic mass is 10.1. The largest absolute Gasteiger partial charge is 0.484 e. The third-order valence-corrected chi connectivity index (χ3v) is 5.59. The van der Waals surface area contributed by atoms with Gasteiger partial charge in [-0.1, -0.05) is 78.9 Å². The molecular formula is C26H22N2O2S. The van der Waals surface area contributed by atoms with Crippen LogP contribution in [0.4, 0.5) is 5.13 Å². The van der Waals surface area contributed by atoms with Gasteiger partial charge in [-0.25, -0.2) is 4.98 Å². The highest BCUT2D eigenvalue weighted by Gasteiger charge is 2.19. The molecule has 0 aliphatic rings. The maximum atomic E-state index is 12.9. The molecule has 1 aromatic heterocycles. The van der Waals surface area contributed by atoms with Crippen molar-refractivity contribution in [3.8, 4) is 28.1 Å². The molecule has 3 aromatic carbocycles. The number of hydrogen-bond donors (Lipinski definition) is 0. The van der Waals surface area contributed by atoms with Crippen molar-refractivity contribution in [2.24, 2.45) is 0 Å². The van der Waals surface area contributed by atoms with Crippen LogP contribution in [0.2, 0.25) is 0 Å². The van der Waals surface area contributed by atoms with Crippen molar-refractivity contribution in [2.45, 2.75) is 0 Å². The smallest absolute Gasteiger partial charge is 0.266 e. The van der Waals surface area contributed by atoms with E-state index < -0.39 is 0 Å². The Balaban J connectivity index is 1.42. The minimum Gasteiger partial charge on any atom is -0.484 e. The number of amides is 1. The maximum absolute atomic E-state index is 12.9. The van der Waals surface area contributed by atoms with Crippen LogP contribution in [0.3, 0.4) is 0 Å². The van der Waals surface area contributed by atoms with E-state index in [-0.39, 0.29) is 12.5 Å². The van der Waals surface area contributed by atoms with Crippen LogP contribution in [0, 0.1) is 0 Å². The Morgan fingerprint density at radius 1 is 0.903 bits per heavy atom. The summed E-state index contributed by atoms with van der Waals surface area (Å²) in [4.78, 5) is 19.1. The molecule has 4 rings (SSSR count). The molecule has 154 valence electrons. The topological polar surface area (TPSA) is 42.4 Å².